The van der Waals surface area contributed by atoms with Gasteiger partial charge in [0.15, 0.2) is 0 Å². The molecule has 0 saturated carbocycles. The number of hydrogen-bond acceptors (Lipinski definition) is 1. The van der Waals surface area contributed by atoms with Crippen LogP contribution < -0.4 is 0 Å². The summed E-state index contributed by atoms with van der Waals surface area (Å²) in [5, 5.41) is 4.64. The monoisotopic (exact) mass is 442 g/mol. The van der Waals surface area contributed by atoms with Gasteiger partial charge in [-0.25, -0.2) is 0 Å². The number of nitrogens with zero attached hydrogens (tertiary/aromatic N) is 2. The SMILES string of the molecule is Cc1nn(-c2[c-]cccc2)c(C)c1-c1ccccc1.[Pt]. The van der Waals surface area contributed by atoms with E-state index in [1.165, 1.54) is 11.1 Å². The van der Waals surface area contributed by atoms with Gasteiger partial charge in [-0.2, -0.15) is 29.4 Å². The Bertz CT molecular complexity index is 688. The van der Waals surface area contributed by atoms with Gasteiger partial charge in [0, 0.05) is 32.3 Å². The molecule has 3 rings (SSSR count). The second-order valence-electron chi connectivity index (χ2n) is 4.57. The van der Waals surface area contributed by atoms with E-state index in [1.807, 2.05) is 35.0 Å². The number of aryl methyl sites for hydroxylation is 1. The van der Waals surface area contributed by atoms with Crippen molar-refractivity contribution >= 4 is 0 Å². The molecular formula is C17H15N2Pt-. The van der Waals surface area contributed by atoms with Gasteiger partial charge >= 0.3 is 0 Å². The Balaban J connectivity index is 0.00000147. The molecular weight excluding hydrogens is 427 g/mol. The number of rotatable bonds is 2. The summed E-state index contributed by atoms with van der Waals surface area (Å²) in [6.07, 6.45) is 0. The van der Waals surface area contributed by atoms with Crippen LogP contribution in [-0.2, 0) is 21.1 Å². The molecule has 0 aliphatic rings. The Kier molecular flexibility index (Phi) is 4.56. The molecule has 2 nitrogen and oxygen atoms in total. The topological polar surface area (TPSA) is 17.8 Å². The van der Waals surface area contributed by atoms with Crippen LogP contribution in [0.15, 0.2) is 54.6 Å². The van der Waals surface area contributed by atoms with E-state index >= 15 is 0 Å². The first-order chi connectivity index (χ1) is 9.27. The molecule has 0 amide bonds. The summed E-state index contributed by atoms with van der Waals surface area (Å²) >= 11 is 0. The van der Waals surface area contributed by atoms with E-state index in [-0.39, 0.29) is 21.1 Å². The molecule has 0 saturated heterocycles. The molecule has 0 fully saturated rings. The van der Waals surface area contributed by atoms with E-state index in [0.717, 1.165) is 17.1 Å². The van der Waals surface area contributed by atoms with Crippen molar-refractivity contribution in [3.8, 4) is 16.8 Å². The summed E-state index contributed by atoms with van der Waals surface area (Å²) in [6, 6.07) is 21.5. The van der Waals surface area contributed by atoms with E-state index in [2.05, 4.69) is 49.3 Å². The Hall–Kier alpha value is -1.66. The first kappa shape index (κ1) is 14.7. The zero-order valence-electron chi connectivity index (χ0n) is 11.4. The summed E-state index contributed by atoms with van der Waals surface area (Å²) in [5.74, 6) is 0. The van der Waals surface area contributed by atoms with E-state index in [4.69, 9.17) is 0 Å². The first-order valence-electron chi connectivity index (χ1n) is 6.36. The van der Waals surface area contributed by atoms with Crippen LogP contribution in [-0.4, -0.2) is 9.78 Å². The van der Waals surface area contributed by atoms with Crippen LogP contribution in [0.3, 0.4) is 0 Å². The van der Waals surface area contributed by atoms with Gasteiger partial charge in [-0.15, -0.1) is 6.07 Å². The number of hydrogen-bond donors (Lipinski definition) is 0. The molecule has 1 heterocycles. The van der Waals surface area contributed by atoms with Gasteiger partial charge in [0.2, 0.25) is 0 Å². The van der Waals surface area contributed by atoms with Crippen molar-refractivity contribution in [2.24, 2.45) is 0 Å². The van der Waals surface area contributed by atoms with E-state index in [0.29, 0.717) is 0 Å². The van der Waals surface area contributed by atoms with Gasteiger partial charge in [0.05, 0.1) is 5.69 Å². The van der Waals surface area contributed by atoms with Gasteiger partial charge < -0.3 is 0 Å². The molecule has 0 unspecified atom stereocenters. The summed E-state index contributed by atoms with van der Waals surface area (Å²) < 4.78 is 1.96. The molecule has 20 heavy (non-hydrogen) atoms. The van der Waals surface area contributed by atoms with Crippen LogP contribution in [0, 0.1) is 19.9 Å². The van der Waals surface area contributed by atoms with Crippen LogP contribution in [0.5, 0.6) is 0 Å². The molecule has 1 aromatic heterocycles. The summed E-state index contributed by atoms with van der Waals surface area (Å²) in [4.78, 5) is 0. The molecule has 0 aliphatic carbocycles. The van der Waals surface area contributed by atoms with E-state index < -0.39 is 0 Å². The fraction of sp³-hybridized carbons (Fsp3) is 0.118. The van der Waals surface area contributed by atoms with Crippen LogP contribution in [0.2, 0.25) is 0 Å². The molecule has 0 spiro atoms. The third-order valence-corrected chi connectivity index (χ3v) is 3.27. The molecule has 0 N–H and O–H groups in total. The summed E-state index contributed by atoms with van der Waals surface area (Å²) in [6.45, 7) is 4.15. The molecule has 104 valence electrons. The molecule has 0 atom stereocenters. The van der Waals surface area contributed by atoms with Gasteiger partial charge in [-0.3, -0.25) is 4.68 Å². The molecule has 0 aliphatic heterocycles. The molecule has 0 bridgehead atoms. The first-order valence-corrected chi connectivity index (χ1v) is 6.36. The molecule has 3 aromatic rings. The molecule has 3 heteroatoms. The largest absolute Gasteiger partial charge is 0.262 e. The standard InChI is InChI=1S/C17H15N2.Pt/c1-13-17(15-9-5-3-6-10-15)14(2)19(18-13)16-11-7-4-8-12-16;/h3-11H,1-2H3;/q-1;. The van der Waals surface area contributed by atoms with Crippen molar-refractivity contribution in [2.75, 3.05) is 0 Å². The van der Waals surface area contributed by atoms with E-state index in [9.17, 15) is 0 Å². The Morgan fingerprint density at radius 3 is 2.30 bits per heavy atom. The zero-order valence-corrected chi connectivity index (χ0v) is 13.7. The van der Waals surface area contributed by atoms with Crippen molar-refractivity contribution in [3.63, 3.8) is 0 Å². The number of para-hydroxylation sites is 1. The van der Waals surface area contributed by atoms with Crippen molar-refractivity contribution in [3.05, 3.63) is 72.1 Å². The van der Waals surface area contributed by atoms with Crippen LogP contribution >= 0.6 is 0 Å². The van der Waals surface area contributed by atoms with Crippen LogP contribution in [0.25, 0.3) is 16.8 Å². The Morgan fingerprint density at radius 1 is 0.950 bits per heavy atom. The average molecular weight is 442 g/mol. The van der Waals surface area contributed by atoms with Crippen molar-refractivity contribution < 1.29 is 21.1 Å². The minimum Gasteiger partial charge on any atom is -0.262 e. The van der Waals surface area contributed by atoms with Gasteiger partial charge in [0.25, 0.3) is 0 Å². The zero-order chi connectivity index (χ0) is 13.2. The second kappa shape index (κ2) is 6.19. The normalized spacial score (nSPS) is 10.1. The maximum absolute atomic E-state index is 4.64. The van der Waals surface area contributed by atoms with E-state index in [1.54, 1.807) is 0 Å². The number of benzene rings is 2. The van der Waals surface area contributed by atoms with Gasteiger partial charge in [-0.05, 0) is 25.1 Å². The fourth-order valence-electron chi connectivity index (χ4n) is 2.42. The Morgan fingerprint density at radius 2 is 1.65 bits per heavy atom. The number of aromatic nitrogens is 2. The third-order valence-electron chi connectivity index (χ3n) is 3.27. The van der Waals surface area contributed by atoms with Crippen LogP contribution in [0.1, 0.15) is 11.4 Å². The van der Waals surface area contributed by atoms with Gasteiger partial charge in [-0.1, -0.05) is 30.3 Å². The third kappa shape index (κ3) is 2.62. The second-order valence-corrected chi connectivity index (χ2v) is 4.57. The average Bonchev–Trinajstić information content (AvgIpc) is 2.76. The van der Waals surface area contributed by atoms with Gasteiger partial charge in [0.1, 0.15) is 0 Å². The quantitative estimate of drug-likeness (QED) is 0.550. The smallest absolute Gasteiger partial charge is 0.0678 e. The predicted octanol–water partition coefficient (Wildman–Crippen LogP) is 3.95. The molecule has 2 aromatic carbocycles. The van der Waals surface area contributed by atoms with Crippen molar-refractivity contribution in [2.45, 2.75) is 13.8 Å². The van der Waals surface area contributed by atoms with Crippen LogP contribution in [0.4, 0.5) is 0 Å². The maximum atomic E-state index is 4.64. The fourth-order valence-corrected chi connectivity index (χ4v) is 2.42. The Labute approximate surface area is 133 Å². The minimum absolute atomic E-state index is 0. The minimum atomic E-state index is 0. The molecule has 0 radical (unpaired) electrons. The van der Waals surface area contributed by atoms with Crippen molar-refractivity contribution in [1.29, 1.82) is 0 Å². The summed E-state index contributed by atoms with van der Waals surface area (Å²) in [5.41, 5.74) is 5.58. The summed E-state index contributed by atoms with van der Waals surface area (Å²) in [7, 11) is 0. The predicted molar refractivity (Wildman–Crippen MR) is 77.3 cm³/mol. The maximum Gasteiger partial charge on any atom is 0.0678 e. The van der Waals surface area contributed by atoms with Crippen molar-refractivity contribution in [1.82, 2.24) is 9.78 Å².